The minimum atomic E-state index is -0.256. The topological polar surface area (TPSA) is 50.9 Å². The second-order valence-corrected chi connectivity index (χ2v) is 6.28. The second kappa shape index (κ2) is 7.04. The van der Waals surface area contributed by atoms with E-state index in [4.69, 9.17) is 0 Å². The third kappa shape index (κ3) is 4.30. The molecule has 0 aromatic carbocycles. The summed E-state index contributed by atoms with van der Waals surface area (Å²) in [5.74, 6) is 1.94. The van der Waals surface area contributed by atoms with Crippen LogP contribution >= 0.6 is 0 Å². The lowest BCUT2D eigenvalue weighted by Gasteiger charge is -2.21. The second-order valence-electron chi connectivity index (χ2n) is 6.28. The molecule has 1 saturated carbocycles. The molecule has 0 aliphatic heterocycles. The summed E-state index contributed by atoms with van der Waals surface area (Å²) in [5.41, 5.74) is 0. The molecule has 0 spiro atoms. The molecule has 0 amide bonds. The van der Waals surface area contributed by atoms with Crippen LogP contribution < -0.4 is 0 Å². The van der Waals surface area contributed by atoms with Crippen LogP contribution in [0.15, 0.2) is 6.33 Å². The van der Waals surface area contributed by atoms with Crippen molar-refractivity contribution in [3.63, 3.8) is 0 Å². The molecule has 1 heterocycles. The molecule has 0 radical (unpaired) electrons. The predicted octanol–water partition coefficient (Wildman–Crippen LogP) is 2.81. The number of nitrogens with zero attached hydrogens (tertiary/aromatic N) is 3. The van der Waals surface area contributed by atoms with Gasteiger partial charge in [-0.15, -0.1) is 0 Å². The molecule has 1 aliphatic carbocycles. The third-order valence-electron chi connectivity index (χ3n) is 4.07. The van der Waals surface area contributed by atoms with E-state index in [1.165, 1.54) is 38.5 Å². The van der Waals surface area contributed by atoms with E-state index in [0.717, 1.165) is 12.4 Å². The van der Waals surface area contributed by atoms with Gasteiger partial charge in [-0.05, 0) is 24.7 Å². The number of aliphatic hydroxyl groups is 1. The van der Waals surface area contributed by atoms with Crippen molar-refractivity contribution in [2.75, 3.05) is 0 Å². The summed E-state index contributed by atoms with van der Waals surface area (Å²) in [6.07, 6.45) is 9.52. The summed E-state index contributed by atoms with van der Waals surface area (Å²) in [6.45, 7) is 5.23. The number of hydrogen-bond acceptors (Lipinski definition) is 3. The van der Waals surface area contributed by atoms with Crippen molar-refractivity contribution in [3.8, 4) is 0 Å². The molecular formula is C15H27N3O. The summed E-state index contributed by atoms with van der Waals surface area (Å²) >= 11 is 0. The first kappa shape index (κ1) is 14.5. The fraction of sp³-hybridized carbons (Fsp3) is 0.867. The number of aromatic nitrogens is 3. The normalized spacial score (nSPS) is 19.6. The maximum atomic E-state index is 10.4. The Morgan fingerprint density at radius 3 is 2.58 bits per heavy atom. The molecule has 4 heteroatoms. The highest BCUT2D eigenvalue weighted by atomic mass is 16.3. The van der Waals surface area contributed by atoms with Crippen LogP contribution in [0, 0.1) is 11.8 Å². The zero-order valence-corrected chi connectivity index (χ0v) is 12.3. The quantitative estimate of drug-likeness (QED) is 0.833. The van der Waals surface area contributed by atoms with Gasteiger partial charge in [0.15, 0.2) is 0 Å². The smallest absolute Gasteiger partial charge is 0.138 e. The Morgan fingerprint density at radius 2 is 1.95 bits per heavy atom. The lowest BCUT2D eigenvalue weighted by Crippen LogP contribution is -2.25. The molecule has 1 unspecified atom stereocenters. The molecule has 4 nitrogen and oxygen atoms in total. The van der Waals surface area contributed by atoms with Crippen LogP contribution in [0.5, 0.6) is 0 Å². The SMILES string of the molecule is CC(C)Cn1ncnc1CC(O)C1CCCCCC1. The van der Waals surface area contributed by atoms with Gasteiger partial charge in [-0.2, -0.15) is 5.10 Å². The largest absolute Gasteiger partial charge is 0.392 e. The average Bonchev–Trinajstić information content (AvgIpc) is 2.65. The molecular weight excluding hydrogens is 238 g/mol. The highest BCUT2D eigenvalue weighted by Gasteiger charge is 2.22. The molecule has 1 aromatic rings. The first-order valence-corrected chi connectivity index (χ1v) is 7.71. The van der Waals surface area contributed by atoms with Gasteiger partial charge < -0.3 is 5.11 Å². The van der Waals surface area contributed by atoms with E-state index < -0.39 is 0 Å². The van der Waals surface area contributed by atoms with E-state index in [9.17, 15) is 5.11 Å². The Labute approximate surface area is 116 Å². The number of hydrogen-bond donors (Lipinski definition) is 1. The molecule has 0 bridgehead atoms. The highest BCUT2D eigenvalue weighted by Crippen LogP contribution is 2.26. The van der Waals surface area contributed by atoms with Crippen LogP contribution in [-0.2, 0) is 13.0 Å². The van der Waals surface area contributed by atoms with Crippen molar-refractivity contribution in [1.82, 2.24) is 14.8 Å². The Morgan fingerprint density at radius 1 is 1.26 bits per heavy atom. The van der Waals surface area contributed by atoms with Gasteiger partial charge in [-0.3, -0.25) is 0 Å². The lowest BCUT2D eigenvalue weighted by atomic mass is 9.92. The molecule has 1 aliphatic rings. The average molecular weight is 265 g/mol. The minimum absolute atomic E-state index is 0.256. The van der Waals surface area contributed by atoms with E-state index >= 15 is 0 Å². The van der Waals surface area contributed by atoms with E-state index in [1.807, 2.05) is 4.68 Å². The van der Waals surface area contributed by atoms with E-state index in [2.05, 4.69) is 23.9 Å². The van der Waals surface area contributed by atoms with Crippen LogP contribution in [0.25, 0.3) is 0 Å². The van der Waals surface area contributed by atoms with E-state index in [-0.39, 0.29) is 6.10 Å². The van der Waals surface area contributed by atoms with E-state index in [1.54, 1.807) is 6.33 Å². The fourth-order valence-corrected chi connectivity index (χ4v) is 2.99. The molecule has 1 fully saturated rings. The van der Waals surface area contributed by atoms with Crippen molar-refractivity contribution in [2.24, 2.45) is 11.8 Å². The Balaban J connectivity index is 1.93. The summed E-state index contributed by atoms with van der Waals surface area (Å²) in [6, 6.07) is 0. The Bertz CT molecular complexity index is 367. The van der Waals surface area contributed by atoms with Crippen molar-refractivity contribution in [1.29, 1.82) is 0 Å². The first-order chi connectivity index (χ1) is 9.16. The molecule has 0 saturated heterocycles. The maximum Gasteiger partial charge on any atom is 0.138 e. The van der Waals surface area contributed by atoms with Gasteiger partial charge in [0, 0.05) is 13.0 Å². The molecule has 108 valence electrons. The Kier molecular flexibility index (Phi) is 5.37. The highest BCUT2D eigenvalue weighted by molar-refractivity contribution is 4.90. The van der Waals surface area contributed by atoms with Crippen molar-refractivity contribution >= 4 is 0 Å². The lowest BCUT2D eigenvalue weighted by molar-refractivity contribution is 0.0953. The van der Waals surface area contributed by atoms with Crippen LogP contribution in [0.4, 0.5) is 0 Å². The van der Waals surface area contributed by atoms with E-state index in [0.29, 0.717) is 18.3 Å². The summed E-state index contributed by atoms with van der Waals surface area (Å²) < 4.78 is 1.95. The van der Waals surface area contributed by atoms with Crippen LogP contribution in [0.2, 0.25) is 0 Å². The molecule has 1 atom stereocenters. The van der Waals surface area contributed by atoms with Gasteiger partial charge in [0.25, 0.3) is 0 Å². The van der Waals surface area contributed by atoms with Gasteiger partial charge in [-0.1, -0.05) is 39.5 Å². The number of rotatable bonds is 5. The standard InChI is InChI=1S/C15H27N3O/c1-12(2)10-18-15(16-11-17-18)9-14(19)13-7-5-3-4-6-8-13/h11-14,19H,3-10H2,1-2H3. The Hall–Kier alpha value is -0.900. The first-order valence-electron chi connectivity index (χ1n) is 7.71. The minimum Gasteiger partial charge on any atom is -0.392 e. The summed E-state index contributed by atoms with van der Waals surface area (Å²) in [5, 5.41) is 14.7. The molecule has 1 N–H and O–H groups in total. The van der Waals surface area contributed by atoms with Gasteiger partial charge in [0.05, 0.1) is 6.10 Å². The third-order valence-corrected chi connectivity index (χ3v) is 4.07. The van der Waals surface area contributed by atoms with Gasteiger partial charge >= 0.3 is 0 Å². The van der Waals surface area contributed by atoms with Gasteiger partial charge in [0.1, 0.15) is 12.2 Å². The van der Waals surface area contributed by atoms with Crippen molar-refractivity contribution in [2.45, 2.75) is 71.4 Å². The zero-order valence-electron chi connectivity index (χ0n) is 12.3. The molecule has 2 rings (SSSR count). The summed E-state index contributed by atoms with van der Waals surface area (Å²) in [4.78, 5) is 4.32. The monoisotopic (exact) mass is 265 g/mol. The van der Waals surface area contributed by atoms with Crippen molar-refractivity contribution < 1.29 is 5.11 Å². The van der Waals surface area contributed by atoms with Crippen LogP contribution in [0.3, 0.4) is 0 Å². The summed E-state index contributed by atoms with van der Waals surface area (Å²) in [7, 11) is 0. The molecule has 1 aromatic heterocycles. The zero-order chi connectivity index (χ0) is 13.7. The van der Waals surface area contributed by atoms with Crippen molar-refractivity contribution in [3.05, 3.63) is 12.2 Å². The van der Waals surface area contributed by atoms with Gasteiger partial charge in [-0.25, -0.2) is 9.67 Å². The van der Waals surface area contributed by atoms with Crippen LogP contribution in [-0.4, -0.2) is 26.0 Å². The maximum absolute atomic E-state index is 10.4. The number of aliphatic hydroxyl groups excluding tert-OH is 1. The fourth-order valence-electron chi connectivity index (χ4n) is 2.99. The molecule has 19 heavy (non-hydrogen) atoms. The van der Waals surface area contributed by atoms with Crippen LogP contribution in [0.1, 0.15) is 58.2 Å². The predicted molar refractivity (Wildman–Crippen MR) is 75.8 cm³/mol. The van der Waals surface area contributed by atoms with Gasteiger partial charge in [0.2, 0.25) is 0 Å².